The van der Waals surface area contributed by atoms with E-state index in [2.05, 4.69) is 37.3 Å². The van der Waals surface area contributed by atoms with Gasteiger partial charge in [-0.1, -0.05) is 43.3 Å². The summed E-state index contributed by atoms with van der Waals surface area (Å²) in [5.74, 6) is 0.584. The summed E-state index contributed by atoms with van der Waals surface area (Å²) in [5.41, 5.74) is 2.68. The highest BCUT2D eigenvalue weighted by Gasteiger charge is 2.15. The molecular weight excluding hydrogens is 160 g/mol. The third kappa shape index (κ3) is 1.99. The molecule has 0 aromatic heterocycles. The van der Waals surface area contributed by atoms with Crippen LogP contribution in [0.2, 0.25) is 0 Å². The van der Waals surface area contributed by atoms with Gasteiger partial charge in [0, 0.05) is 5.92 Å². The van der Waals surface area contributed by atoms with Crippen molar-refractivity contribution in [2.75, 3.05) is 13.2 Å². The van der Waals surface area contributed by atoms with E-state index in [1.165, 1.54) is 11.1 Å². The van der Waals surface area contributed by atoms with Gasteiger partial charge < -0.3 is 4.74 Å². The summed E-state index contributed by atoms with van der Waals surface area (Å²) in [5, 5.41) is 0. The van der Waals surface area contributed by atoms with Crippen LogP contribution >= 0.6 is 0 Å². The zero-order chi connectivity index (χ0) is 9.10. The Morgan fingerprint density at radius 2 is 2.08 bits per heavy atom. The molecular formula is C12H14O. The molecule has 0 aliphatic carbocycles. The van der Waals surface area contributed by atoms with E-state index in [0.29, 0.717) is 5.92 Å². The van der Waals surface area contributed by atoms with Gasteiger partial charge in [-0.3, -0.25) is 0 Å². The molecule has 1 nitrogen and oxygen atoms in total. The van der Waals surface area contributed by atoms with Crippen molar-refractivity contribution in [1.82, 2.24) is 0 Å². The van der Waals surface area contributed by atoms with Crippen molar-refractivity contribution in [3.63, 3.8) is 0 Å². The molecule has 1 saturated heterocycles. The predicted molar refractivity (Wildman–Crippen MR) is 54.4 cm³/mol. The van der Waals surface area contributed by atoms with Crippen LogP contribution in [0, 0.1) is 5.92 Å². The molecule has 0 unspecified atom stereocenters. The van der Waals surface area contributed by atoms with Gasteiger partial charge in [0.05, 0.1) is 13.2 Å². The zero-order valence-electron chi connectivity index (χ0n) is 7.86. The van der Waals surface area contributed by atoms with Crippen LogP contribution in [0.25, 0.3) is 6.08 Å². The second kappa shape index (κ2) is 3.75. The van der Waals surface area contributed by atoms with Crippen molar-refractivity contribution < 1.29 is 4.74 Å². The van der Waals surface area contributed by atoms with E-state index in [1.807, 2.05) is 6.07 Å². The van der Waals surface area contributed by atoms with E-state index in [4.69, 9.17) is 4.74 Å². The fourth-order valence-corrected chi connectivity index (χ4v) is 1.55. The van der Waals surface area contributed by atoms with Gasteiger partial charge in [-0.2, -0.15) is 0 Å². The van der Waals surface area contributed by atoms with Gasteiger partial charge in [0.2, 0.25) is 0 Å². The summed E-state index contributed by atoms with van der Waals surface area (Å²) in [6.07, 6.45) is 2.23. The van der Waals surface area contributed by atoms with Gasteiger partial charge in [-0.15, -0.1) is 0 Å². The van der Waals surface area contributed by atoms with Gasteiger partial charge >= 0.3 is 0 Å². The van der Waals surface area contributed by atoms with Crippen LogP contribution in [0.1, 0.15) is 12.5 Å². The maximum Gasteiger partial charge on any atom is 0.0683 e. The molecule has 0 saturated carbocycles. The topological polar surface area (TPSA) is 9.23 Å². The lowest BCUT2D eigenvalue weighted by molar-refractivity contribution is 0.191. The maximum atomic E-state index is 5.37. The Balaban J connectivity index is 2.20. The molecule has 1 aromatic rings. The van der Waals surface area contributed by atoms with Crippen LogP contribution in [0.5, 0.6) is 0 Å². The average molecular weight is 174 g/mol. The monoisotopic (exact) mass is 174 g/mol. The van der Waals surface area contributed by atoms with Crippen LogP contribution < -0.4 is 0 Å². The first-order valence-electron chi connectivity index (χ1n) is 4.69. The molecule has 1 aromatic carbocycles. The molecule has 1 fully saturated rings. The number of ether oxygens (including phenoxy) is 1. The van der Waals surface area contributed by atoms with Crippen molar-refractivity contribution in [1.29, 1.82) is 0 Å². The van der Waals surface area contributed by atoms with Crippen molar-refractivity contribution in [3.05, 3.63) is 41.5 Å². The molecule has 0 radical (unpaired) electrons. The van der Waals surface area contributed by atoms with E-state index in [0.717, 1.165) is 13.2 Å². The first-order chi connectivity index (χ1) is 6.36. The minimum atomic E-state index is 0.584. The number of hydrogen-bond donors (Lipinski definition) is 0. The number of hydrogen-bond acceptors (Lipinski definition) is 1. The summed E-state index contributed by atoms with van der Waals surface area (Å²) in [4.78, 5) is 0. The van der Waals surface area contributed by atoms with Crippen molar-refractivity contribution in [3.8, 4) is 0 Å². The lowest BCUT2D eigenvalue weighted by Gasteiger charge is -2.01. The van der Waals surface area contributed by atoms with Crippen LogP contribution in [-0.4, -0.2) is 13.2 Å². The summed E-state index contributed by atoms with van der Waals surface area (Å²) in [7, 11) is 0. The Kier molecular flexibility index (Phi) is 2.46. The Labute approximate surface area is 79.0 Å². The molecule has 2 rings (SSSR count). The lowest BCUT2D eigenvalue weighted by Crippen LogP contribution is -1.93. The Hall–Kier alpha value is -1.08. The number of rotatable bonds is 1. The quantitative estimate of drug-likeness (QED) is 0.636. The largest absolute Gasteiger partial charge is 0.376 e. The minimum absolute atomic E-state index is 0.584. The normalized spacial score (nSPS) is 25.3. The van der Waals surface area contributed by atoms with Crippen molar-refractivity contribution in [2.24, 2.45) is 5.92 Å². The molecule has 1 heterocycles. The fraction of sp³-hybridized carbons (Fsp3) is 0.333. The second-order valence-electron chi connectivity index (χ2n) is 3.55. The molecule has 1 heteroatoms. The summed E-state index contributed by atoms with van der Waals surface area (Å²) in [6.45, 7) is 3.89. The third-order valence-corrected chi connectivity index (χ3v) is 2.42. The molecule has 1 atom stereocenters. The van der Waals surface area contributed by atoms with Crippen LogP contribution in [0.4, 0.5) is 0 Å². The third-order valence-electron chi connectivity index (χ3n) is 2.42. The minimum Gasteiger partial charge on any atom is -0.376 e. The standard InChI is InChI=1S/C12H14O/c1-10-8-13-9-12(10)7-11-5-3-2-4-6-11/h2-7,10H,8-9H2,1H3/b12-7-/t10-/m1/s1. The van der Waals surface area contributed by atoms with Gasteiger partial charge in [0.1, 0.15) is 0 Å². The SMILES string of the molecule is C[C@@H]1COC/C1=C/c1ccccc1. The summed E-state index contributed by atoms with van der Waals surface area (Å²) >= 11 is 0. The van der Waals surface area contributed by atoms with Crippen molar-refractivity contribution in [2.45, 2.75) is 6.92 Å². The molecule has 0 bridgehead atoms. The first-order valence-corrected chi connectivity index (χ1v) is 4.69. The maximum absolute atomic E-state index is 5.37. The van der Waals surface area contributed by atoms with Crippen LogP contribution in [0.15, 0.2) is 35.9 Å². The fourth-order valence-electron chi connectivity index (χ4n) is 1.55. The van der Waals surface area contributed by atoms with Gasteiger partial charge in [0.25, 0.3) is 0 Å². The lowest BCUT2D eigenvalue weighted by atomic mass is 10.0. The molecule has 0 spiro atoms. The molecule has 0 amide bonds. The van der Waals surface area contributed by atoms with Crippen molar-refractivity contribution >= 4 is 6.08 Å². The van der Waals surface area contributed by atoms with E-state index < -0.39 is 0 Å². The van der Waals surface area contributed by atoms with E-state index >= 15 is 0 Å². The molecule has 1 aliphatic rings. The Bertz CT molecular complexity index is 300. The Morgan fingerprint density at radius 1 is 1.31 bits per heavy atom. The van der Waals surface area contributed by atoms with Gasteiger partial charge in [-0.05, 0) is 11.1 Å². The average Bonchev–Trinajstić information content (AvgIpc) is 2.54. The molecule has 1 aliphatic heterocycles. The highest BCUT2D eigenvalue weighted by atomic mass is 16.5. The predicted octanol–water partition coefficient (Wildman–Crippen LogP) is 2.74. The van der Waals surface area contributed by atoms with E-state index in [9.17, 15) is 0 Å². The molecule has 68 valence electrons. The molecule has 13 heavy (non-hydrogen) atoms. The summed E-state index contributed by atoms with van der Waals surface area (Å²) < 4.78 is 5.37. The van der Waals surface area contributed by atoms with Crippen LogP contribution in [0.3, 0.4) is 0 Å². The van der Waals surface area contributed by atoms with E-state index in [-0.39, 0.29) is 0 Å². The summed E-state index contributed by atoms with van der Waals surface area (Å²) in [6, 6.07) is 10.4. The highest BCUT2D eigenvalue weighted by molar-refractivity contribution is 5.53. The highest BCUT2D eigenvalue weighted by Crippen LogP contribution is 2.21. The number of benzene rings is 1. The van der Waals surface area contributed by atoms with Gasteiger partial charge in [0.15, 0.2) is 0 Å². The molecule has 0 N–H and O–H groups in total. The smallest absolute Gasteiger partial charge is 0.0683 e. The second-order valence-corrected chi connectivity index (χ2v) is 3.55. The van der Waals surface area contributed by atoms with Crippen LogP contribution in [-0.2, 0) is 4.74 Å². The Morgan fingerprint density at radius 3 is 2.69 bits per heavy atom. The van der Waals surface area contributed by atoms with E-state index in [1.54, 1.807) is 0 Å². The van der Waals surface area contributed by atoms with Gasteiger partial charge in [-0.25, -0.2) is 0 Å². The zero-order valence-corrected chi connectivity index (χ0v) is 7.86. The first kappa shape index (κ1) is 8.52.